The third-order valence-corrected chi connectivity index (χ3v) is 4.16. The van der Waals surface area contributed by atoms with Gasteiger partial charge in [0.25, 0.3) is 0 Å². The second-order valence-corrected chi connectivity index (χ2v) is 5.61. The number of hydrogen-bond acceptors (Lipinski definition) is 2. The predicted molar refractivity (Wildman–Crippen MR) is 80.2 cm³/mol. The minimum absolute atomic E-state index is 0.751. The van der Waals surface area contributed by atoms with Gasteiger partial charge in [-0.1, -0.05) is 52.3 Å². The van der Waals surface area contributed by atoms with E-state index in [1.165, 1.54) is 15.6 Å². The largest absolute Gasteiger partial charge is 0.492 e. The minimum Gasteiger partial charge on any atom is -0.492 e. The van der Waals surface area contributed by atoms with Crippen LogP contribution in [-0.2, 0) is 13.1 Å². The number of hydrogen-bond donors (Lipinski definition) is 0. The second kappa shape index (κ2) is 5.76. The van der Waals surface area contributed by atoms with Crippen LogP contribution < -0.4 is 4.74 Å². The Morgan fingerprint density at radius 2 is 1.84 bits per heavy atom. The van der Waals surface area contributed by atoms with Crippen molar-refractivity contribution in [2.75, 3.05) is 13.2 Å². The Morgan fingerprint density at radius 3 is 2.74 bits per heavy atom. The van der Waals surface area contributed by atoms with Crippen LogP contribution in [0.2, 0.25) is 0 Å². The molecule has 2 nitrogen and oxygen atoms in total. The number of benzene rings is 2. The van der Waals surface area contributed by atoms with Crippen molar-refractivity contribution in [3.8, 4) is 5.75 Å². The van der Waals surface area contributed by atoms with E-state index in [2.05, 4.69) is 63.3 Å². The van der Waals surface area contributed by atoms with Gasteiger partial charge in [0.05, 0.1) is 0 Å². The number of nitrogens with zero attached hydrogens (tertiary/aromatic N) is 1. The van der Waals surface area contributed by atoms with E-state index >= 15 is 0 Å². The Labute approximate surface area is 122 Å². The number of halogens is 1. The lowest BCUT2D eigenvalue weighted by molar-refractivity contribution is 0.219. The quantitative estimate of drug-likeness (QED) is 0.834. The van der Waals surface area contributed by atoms with Gasteiger partial charge in [-0.3, -0.25) is 4.90 Å². The van der Waals surface area contributed by atoms with Gasteiger partial charge >= 0.3 is 0 Å². The first-order chi connectivity index (χ1) is 9.33. The molecule has 1 aliphatic heterocycles. The molecule has 1 heterocycles. The highest BCUT2D eigenvalue weighted by Gasteiger charge is 2.15. The number of fused-ring (bicyclic) bond motifs is 1. The molecule has 0 fully saturated rings. The summed E-state index contributed by atoms with van der Waals surface area (Å²) >= 11 is 3.62. The summed E-state index contributed by atoms with van der Waals surface area (Å²) < 4.78 is 6.97. The van der Waals surface area contributed by atoms with Crippen LogP contribution in [0.1, 0.15) is 11.1 Å². The summed E-state index contributed by atoms with van der Waals surface area (Å²) in [5, 5.41) is 0. The molecule has 0 unspecified atom stereocenters. The van der Waals surface area contributed by atoms with Gasteiger partial charge in [-0.25, -0.2) is 0 Å². The lowest BCUT2D eigenvalue weighted by atomic mass is 10.1. The van der Waals surface area contributed by atoms with E-state index in [0.717, 1.165) is 32.0 Å². The fraction of sp³-hybridized carbons (Fsp3) is 0.250. The normalized spacial score (nSPS) is 15.4. The van der Waals surface area contributed by atoms with E-state index in [-0.39, 0.29) is 0 Å². The van der Waals surface area contributed by atoms with E-state index in [9.17, 15) is 0 Å². The van der Waals surface area contributed by atoms with Crippen molar-refractivity contribution in [3.05, 3.63) is 64.1 Å². The molecular weight excluding hydrogens is 302 g/mol. The number of para-hydroxylation sites is 1. The van der Waals surface area contributed by atoms with Crippen molar-refractivity contribution in [3.63, 3.8) is 0 Å². The van der Waals surface area contributed by atoms with Gasteiger partial charge in [0, 0.05) is 29.7 Å². The molecule has 0 amide bonds. The molecule has 3 heteroatoms. The summed E-state index contributed by atoms with van der Waals surface area (Å²) in [6.45, 7) is 3.59. The summed E-state index contributed by atoms with van der Waals surface area (Å²) in [5.74, 6) is 1.03. The average molecular weight is 318 g/mol. The van der Waals surface area contributed by atoms with Crippen LogP contribution in [-0.4, -0.2) is 18.1 Å². The maximum atomic E-state index is 5.79. The van der Waals surface area contributed by atoms with Crippen LogP contribution in [0.4, 0.5) is 0 Å². The van der Waals surface area contributed by atoms with E-state index in [1.807, 2.05) is 6.07 Å². The SMILES string of the molecule is Brc1ccccc1CN1CCOc2ccccc2C1. The molecule has 19 heavy (non-hydrogen) atoms. The van der Waals surface area contributed by atoms with Crippen molar-refractivity contribution in [2.45, 2.75) is 13.1 Å². The molecule has 0 saturated heterocycles. The molecule has 2 aromatic rings. The molecule has 0 aliphatic carbocycles. The molecule has 98 valence electrons. The minimum atomic E-state index is 0.751. The van der Waals surface area contributed by atoms with Crippen LogP contribution in [0.5, 0.6) is 5.75 Å². The van der Waals surface area contributed by atoms with Crippen LogP contribution in [0.25, 0.3) is 0 Å². The summed E-state index contributed by atoms with van der Waals surface area (Å²) in [7, 11) is 0. The van der Waals surface area contributed by atoms with Gasteiger partial charge < -0.3 is 4.74 Å². The molecule has 3 rings (SSSR count). The summed E-state index contributed by atoms with van der Waals surface area (Å²) in [4.78, 5) is 2.42. The molecular formula is C16H16BrNO. The summed E-state index contributed by atoms with van der Waals surface area (Å²) in [6, 6.07) is 16.7. The Kier molecular flexibility index (Phi) is 3.85. The molecule has 1 aliphatic rings. The zero-order valence-electron chi connectivity index (χ0n) is 10.7. The molecule has 0 N–H and O–H groups in total. The molecule has 0 atom stereocenters. The highest BCUT2D eigenvalue weighted by atomic mass is 79.9. The first-order valence-electron chi connectivity index (χ1n) is 6.49. The van der Waals surface area contributed by atoms with Crippen LogP contribution in [0, 0.1) is 0 Å². The smallest absolute Gasteiger partial charge is 0.123 e. The highest BCUT2D eigenvalue weighted by molar-refractivity contribution is 9.10. The second-order valence-electron chi connectivity index (χ2n) is 4.76. The molecule has 0 spiro atoms. The van der Waals surface area contributed by atoms with E-state index in [4.69, 9.17) is 4.74 Å². The van der Waals surface area contributed by atoms with E-state index in [1.54, 1.807) is 0 Å². The van der Waals surface area contributed by atoms with Crippen molar-refractivity contribution in [1.82, 2.24) is 4.90 Å². The Morgan fingerprint density at radius 1 is 1.05 bits per heavy atom. The summed E-state index contributed by atoms with van der Waals surface area (Å²) in [5.41, 5.74) is 2.59. The molecule has 0 saturated carbocycles. The third kappa shape index (κ3) is 2.99. The Hall–Kier alpha value is -1.32. The van der Waals surface area contributed by atoms with Gasteiger partial charge in [-0.2, -0.15) is 0 Å². The topological polar surface area (TPSA) is 12.5 Å². The first-order valence-corrected chi connectivity index (χ1v) is 7.29. The molecule has 2 aromatic carbocycles. The van der Waals surface area contributed by atoms with Crippen LogP contribution in [0.3, 0.4) is 0 Å². The third-order valence-electron chi connectivity index (χ3n) is 3.38. The average Bonchev–Trinajstić information content (AvgIpc) is 2.63. The predicted octanol–water partition coefficient (Wildman–Crippen LogP) is 3.84. The van der Waals surface area contributed by atoms with Gasteiger partial charge in [0.1, 0.15) is 12.4 Å². The fourth-order valence-electron chi connectivity index (χ4n) is 2.38. The fourth-order valence-corrected chi connectivity index (χ4v) is 2.79. The van der Waals surface area contributed by atoms with Crippen molar-refractivity contribution < 1.29 is 4.74 Å². The van der Waals surface area contributed by atoms with Gasteiger partial charge in [0.15, 0.2) is 0 Å². The zero-order valence-corrected chi connectivity index (χ0v) is 12.3. The highest BCUT2D eigenvalue weighted by Crippen LogP contribution is 2.24. The standard InChI is InChI=1S/C16H16BrNO/c17-15-7-3-1-5-13(15)11-18-9-10-19-16-8-4-2-6-14(16)12-18/h1-8H,9-12H2. The Balaban J connectivity index is 1.78. The van der Waals surface area contributed by atoms with Gasteiger partial charge in [0.2, 0.25) is 0 Å². The van der Waals surface area contributed by atoms with Crippen molar-refractivity contribution in [2.24, 2.45) is 0 Å². The van der Waals surface area contributed by atoms with Gasteiger partial charge in [-0.15, -0.1) is 0 Å². The molecule has 0 radical (unpaired) electrons. The van der Waals surface area contributed by atoms with Gasteiger partial charge in [-0.05, 0) is 17.7 Å². The monoisotopic (exact) mass is 317 g/mol. The van der Waals surface area contributed by atoms with Crippen molar-refractivity contribution >= 4 is 15.9 Å². The summed E-state index contributed by atoms with van der Waals surface area (Å²) in [6.07, 6.45) is 0. The molecule has 0 aromatic heterocycles. The van der Waals surface area contributed by atoms with E-state index in [0.29, 0.717) is 0 Å². The van der Waals surface area contributed by atoms with Crippen LogP contribution >= 0.6 is 15.9 Å². The number of ether oxygens (including phenoxy) is 1. The lowest BCUT2D eigenvalue weighted by Crippen LogP contribution is -2.25. The lowest BCUT2D eigenvalue weighted by Gasteiger charge is -2.20. The van der Waals surface area contributed by atoms with Crippen molar-refractivity contribution in [1.29, 1.82) is 0 Å². The molecule has 0 bridgehead atoms. The first kappa shape index (κ1) is 12.7. The maximum absolute atomic E-state index is 5.79. The zero-order chi connectivity index (χ0) is 13.1. The number of rotatable bonds is 2. The van der Waals surface area contributed by atoms with E-state index < -0.39 is 0 Å². The van der Waals surface area contributed by atoms with Crippen LogP contribution in [0.15, 0.2) is 53.0 Å². The Bertz CT molecular complexity index is 570. The maximum Gasteiger partial charge on any atom is 0.123 e.